The summed E-state index contributed by atoms with van der Waals surface area (Å²) in [5.74, 6) is 0. The van der Waals surface area contributed by atoms with E-state index in [2.05, 4.69) is 65.6 Å². The first-order valence-electron chi connectivity index (χ1n) is 9.60. The van der Waals surface area contributed by atoms with Crippen LogP contribution in [0, 0.1) is 0 Å². The lowest BCUT2D eigenvalue weighted by Crippen LogP contribution is -2.32. The molecule has 0 aromatic heterocycles. The molecule has 0 radical (unpaired) electrons. The van der Waals surface area contributed by atoms with Gasteiger partial charge >= 0.3 is 0 Å². The molecule has 0 amide bonds. The number of aliphatic hydroxyl groups is 1. The van der Waals surface area contributed by atoms with Gasteiger partial charge in [-0.25, -0.2) is 0 Å². The molecule has 4 rings (SSSR count). The van der Waals surface area contributed by atoms with E-state index in [9.17, 15) is 5.11 Å². The maximum absolute atomic E-state index is 10.7. The standard InChI is InChI=1S/C25H25NO/c27-25(24-13-11-22(12-14-24)20-7-3-1-4-8-20)19-26-17-15-23(16-18-26)21-9-5-2-6-10-21/h1-15,25,27H,16-19H2. The van der Waals surface area contributed by atoms with Gasteiger partial charge in [-0.15, -0.1) is 0 Å². The topological polar surface area (TPSA) is 23.5 Å². The van der Waals surface area contributed by atoms with E-state index >= 15 is 0 Å². The van der Waals surface area contributed by atoms with Crippen molar-refractivity contribution in [3.63, 3.8) is 0 Å². The first kappa shape index (κ1) is 17.7. The van der Waals surface area contributed by atoms with Crippen molar-refractivity contribution in [3.05, 3.63) is 102 Å². The molecule has 3 aromatic carbocycles. The molecule has 0 aliphatic carbocycles. The number of β-amino-alcohol motifs (C(OH)–C–C–N with tert-alkyl or cyclic N) is 1. The van der Waals surface area contributed by atoms with E-state index in [-0.39, 0.29) is 0 Å². The Morgan fingerprint density at radius 3 is 1.93 bits per heavy atom. The fourth-order valence-electron chi connectivity index (χ4n) is 3.67. The maximum atomic E-state index is 10.7. The lowest BCUT2D eigenvalue weighted by molar-refractivity contribution is 0.119. The van der Waals surface area contributed by atoms with Crippen LogP contribution in [0.3, 0.4) is 0 Å². The van der Waals surface area contributed by atoms with E-state index in [4.69, 9.17) is 0 Å². The molecule has 1 unspecified atom stereocenters. The van der Waals surface area contributed by atoms with Gasteiger partial charge in [0.2, 0.25) is 0 Å². The Kier molecular flexibility index (Phi) is 5.47. The van der Waals surface area contributed by atoms with Gasteiger partial charge in [0.1, 0.15) is 0 Å². The lowest BCUT2D eigenvalue weighted by atomic mass is 9.98. The molecule has 1 aliphatic rings. The number of hydrogen-bond donors (Lipinski definition) is 1. The van der Waals surface area contributed by atoms with Crippen LogP contribution in [-0.4, -0.2) is 29.6 Å². The number of aliphatic hydroxyl groups excluding tert-OH is 1. The monoisotopic (exact) mass is 355 g/mol. The molecule has 0 bridgehead atoms. The Morgan fingerprint density at radius 2 is 1.33 bits per heavy atom. The molecular weight excluding hydrogens is 330 g/mol. The largest absolute Gasteiger partial charge is 0.387 e. The molecule has 136 valence electrons. The van der Waals surface area contributed by atoms with E-state index < -0.39 is 6.10 Å². The number of benzene rings is 3. The summed E-state index contributed by atoms with van der Waals surface area (Å²) in [6.07, 6.45) is 2.87. The summed E-state index contributed by atoms with van der Waals surface area (Å²) >= 11 is 0. The highest BCUT2D eigenvalue weighted by molar-refractivity contribution is 5.66. The van der Waals surface area contributed by atoms with Crippen LogP contribution in [-0.2, 0) is 0 Å². The van der Waals surface area contributed by atoms with Crippen molar-refractivity contribution in [1.29, 1.82) is 0 Å². The third-order valence-electron chi connectivity index (χ3n) is 5.27. The average molecular weight is 355 g/mol. The van der Waals surface area contributed by atoms with Gasteiger partial charge < -0.3 is 5.11 Å². The van der Waals surface area contributed by atoms with Gasteiger partial charge in [-0.1, -0.05) is 91.0 Å². The zero-order valence-electron chi connectivity index (χ0n) is 15.5. The molecule has 3 aromatic rings. The van der Waals surface area contributed by atoms with Gasteiger partial charge in [0.25, 0.3) is 0 Å². The second kappa shape index (κ2) is 8.34. The van der Waals surface area contributed by atoms with Gasteiger partial charge in [-0.3, -0.25) is 4.90 Å². The molecular formula is C25H25NO. The predicted octanol–water partition coefficient (Wildman–Crippen LogP) is 5.18. The summed E-state index contributed by atoms with van der Waals surface area (Å²) in [6, 6.07) is 29.2. The summed E-state index contributed by atoms with van der Waals surface area (Å²) < 4.78 is 0. The SMILES string of the molecule is OC(CN1CC=C(c2ccccc2)CC1)c1ccc(-c2ccccc2)cc1. The van der Waals surface area contributed by atoms with Gasteiger partial charge in [-0.05, 0) is 34.2 Å². The van der Waals surface area contributed by atoms with Crippen LogP contribution in [0.5, 0.6) is 0 Å². The predicted molar refractivity (Wildman–Crippen MR) is 112 cm³/mol. The van der Waals surface area contributed by atoms with Crippen LogP contribution in [0.1, 0.15) is 23.7 Å². The zero-order chi connectivity index (χ0) is 18.5. The second-order valence-electron chi connectivity index (χ2n) is 7.11. The minimum absolute atomic E-state index is 0.457. The van der Waals surface area contributed by atoms with E-state index in [1.165, 1.54) is 22.3 Å². The molecule has 0 fully saturated rings. The Bertz CT molecular complexity index is 885. The van der Waals surface area contributed by atoms with Crippen LogP contribution >= 0.6 is 0 Å². The van der Waals surface area contributed by atoms with Crippen LogP contribution in [0.15, 0.2) is 91.0 Å². The molecule has 1 N–H and O–H groups in total. The van der Waals surface area contributed by atoms with Crippen LogP contribution in [0.4, 0.5) is 0 Å². The molecule has 0 saturated heterocycles. The van der Waals surface area contributed by atoms with Crippen LogP contribution in [0.2, 0.25) is 0 Å². The maximum Gasteiger partial charge on any atom is 0.0917 e. The van der Waals surface area contributed by atoms with Crippen LogP contribution < -0.4 is 0 Å². The van der Waals surface area contributed by atoms with Gasteiger partial charge in [0, 0.05) is 19.6 Å². The van der Waals surface area contributed by atoms with Crippen molar-refractivity contribution < 1.29 is 5.11 Å². The Balaban J connectivity index is 1.37. The normalized spacial score (nSPS) is 16.0. The fraction of sp³-hybridized carbons (Fsp3) is 0.200. The summed E-state index contributed by atoms with van der Waals surface area (Å²) in [5.41, 5.74) is 6.09. The third kappa shape index (κ3) is 4.36. The highest BCUT2D eigenvalue weighted by atomic mass is 16.3. The molecule has 0 saturated carbocycles. The van der Waals surface area contributed by atoms with E-state index in [0.29, 0.717) is 6.54 Å². The highest BCUT2D eigenvalue weighted by Gasteiger charge is 2.17. The Labute approximate surface area is 161 Å². The molecule has 1 aliphatic heterocycles. The smallest absolute Gasteiger partial charge is 0.0917 e. The molecule has 2 nitrogen and oxygen atoms in total. The molecule has 2 heteroatoms. The summed E-state index contributed by atoms with van der Waals surface area (Å²) in [5, 5.41) is 10.7. The van der Waals surface area contributed by atoms with Crippen molar-refractivity contribution in [2.75, 3.05) is 19.6 Å². The summed E-state index contributed by atoms with van der Waals surface area (Å²) in [4.78, 5) is 2.32. The van der Waals surface area contributed by atoms with Gasteiger partial charge in [0.05, 0.1) is 6.10 Å². The number of nitrogens with zero attached hydrogens (tertiary/aromatic N) is 1. The zero-order valence-corrected chi connectivity index (χ0v) is 15.5. The third-order valence-corrected chi connectivity index (χ3v) is 5.27. The van der Waals surface area contributed by atoms with Crippen LogP contribution in [0.25, 0.3) is 16.7 Å². The number of rotatable bonds is 5. The number of hydrogen-bond acceptors (Lipinski definition) is 2. The molecule has 1 atom stereocenters. The van der Waals surface area contributed by atoms with E-state index in [1.807, 2.05) is 30.3 Å². The summed E-state index contributed by atoms with van der Waals surface area (Å²) in [7, 11) is 0. The van der Waals surface area contributed by atoms with E-state index in [0.717, 1.165) is 25.1 Å². The fourth-order valence-corrected chi connectivity index (χ4v) is 3.67. The van der Waals surface area contributed by atoms with E-state index in [1.54, 1.807) is 0 Å². The summed E-state index contributed by atoms with van der Waals surface area (Å²) in [6.45, 7) is 2.55. The highest BCUT2D eigenvalue weighted by Crippen LogP contribution is 2.25. The minimum atomic E-state index is -0.457. The quantitative estimate of drug-likeness (QED) is 0.682. The van der Waals surface area contributed by atoms with Crippen molar-refractivity contribution >= 4 is 5.57 Å². The van der Waals surface area contributed by atoms with Gasteiger partial charge in [-0.2, -0.15) is 0 Å². The second-order valence-corrected chi connectivity index (χ2v) is 7.11. The Morgan fingerprint density at radius 1 is 0.741 bits per heavy atom. The minimum Gasteiger partial charge on any atom is -0.387 e. The van der Waals surface area contributed by atoms with Crippen molar-refractivity contribution in [2.45, 2.75) is 12.5 Å². The molecule has 1 heterocycles. The lowest BCUT2D eigenvalue weighted by Gasteiger charge is -2.28. The average Bonchev–Trinajstić information content (AvgIpc) is 2.76. The Hall–Kier alpha value is -2.68. The van der Waals surface area contributed by atoms with Gasteiger partial charge in [0.15, 0.2) is 0 Å². The van der Waals surface area contributed by atoms with Crippen molar-refractivity contribution in [1.82, 2.24) is 4.90 Å². The first-order chi connectivity index (χ1) is 13.3. The van der Waals surface area contributed by atoms with Crippen molar-refractivity contribution in [3.8, 4) is 11.1 Å². The first-order valence-corrected chi connectivity index (χ1v) is 9.60. The van der Waals surface area contributed by atoms with Crippen molar-refractivity contribution in [2.24, 2.45) is 0 Å². The molecule has 0 spiro atoms. The molecule has 27 heavy (non-hydrogen) atoms.